The molecule has 0 fully saturated rings. The van der Waals surface area contributed by atoms with Gasteiger partial charge in [0.05, 0.1) is 24.3 Å². The van der Waals surface area contributed by atoms with Crippen LogP contribution in [0.5, 0.6) is 0 Å². The van der Waals surface area contributed by atoms with Crippen LogP contribution in [0.15, 0.2) is 24.3 Å². The molecule has 0 atom stereocenters. The van der Waals surface area contributed by atoms with Crippen molar-refractivity contribution in [3.63, 3.8) is 0 Å². The van der Waals surface area contributed by atoms with Crippen molar-refractivity contribution in [2.24, 2.45) is 5.92 Å². The zero-order valence-electron chi connectivity index (χ0n) is 17.3. The lowest BCUT2D eigenvalue weighted by atomic mass is 10.1. The zero-order chi connectivity index (χ0) is 19.9. The van der Waals surface area contributed by atoms with Crippen LogP contribution in [0.2, 0.25) is 0 Å². The maximum absolute atomic E-state index is 12.0. The predicted octanol–water partition coefficient (Wildman–Crippen LogP) is 6.19. The normalized spacial score (nSPS) is 10.8. The number of rotatable bonds is 14. The molecule has 0 aliphatic carbocycles. The van der Waals surface area contributed by atoms with Crippen molar-refractivity contribution >= 4 is 11.9 Å². The molecule has 0 unspecified atom stereocenters. The van der Waals surface area contributed by atoms with Crippen LogP contribution in [0, 0.1) is 5.92 Å². The Labute approximate surface area is 164 Å². The van der Waals surface area contributed by atoms with Gasteiger partial charge in [0.15, 0.2) is 0 Å². The molecule has 4 nitrogen and oxygen atoms in total. The average Bonchev–Trinajstić information content (AvgIpc) is 2.67. The van der Waals surface area contributed by atoms with Crippen molar-refractivity contribution in [1.29, 1.82) is 0 Å². The minimum Gasteiger partial charge on any atom is -0.462 e. The van der Waals surface area contributed by atoms with Crippen LogP contribution in [-0.2, 0) is 9.47 Å². The summed E-state index contributed by atoms with van der Waals surface area (Å²) in [6.45, 7) is 7.38. The number of hydrogen-bond donors (Lipinski definition) is 0. The molecule has 0 aliphatic heterocycles. The summed E-state index contributed by atoms with van der Waals surface area (Å²) in [5.74, 6) is -0.0744. The molecule has 0 aromatic heterocycles. The van der Waals surface area contributed by atoms with Crippen LogP contribution in [0.25, 0.3) is 0 Å². The number of unbranched alkanes of at least 4 members (excludes halogenated alkanes) is 6. The fourth-order valence-corrected chi connectivity index (χ4v) is 2.79. The minimum absolute atomic E-state index is 0.335. The Hall–Kier alpha value is -1.84. The highest BCUT2D eigenvalue weighted by Crippen LogP contribution is 2.10. The fraction of sp³-hybridized carbons (Fsp3) is 0.652. The molecule has 0 aliphatic rings. The van der Waals surface area contributed by atoms with E-state index in [4.69, 9.17) is 9.47 Å². The molecule has 0 heterocycles. The Morgan fingerprint density at radius 3 is 1.67 bits per heavy atom. The van der Waals surface area contributed by atoms with Crippen molar-refractivity contribution < 1.29 is 19.1 Å². The van der Waals surface area contributed by atoms with Crippen LogP contribution in [0.4, 0.5) is 0 Å². The van der Waals surface area contributed by atoms with Gasteiger partial charge in [-0.15, -0.1) is 0 Å². The van der Waals surface area contributed by atoms with E-state index in [0.717, 1.165) is 25.7 Å². The van der Waals surface area contributed by atoms with Crippen LogP contribution in [-0.4, -0.2) is 25.2 Å². The SMILES string of the molecule is CCCCCCCCCOC(=O)c1ccc(C(=O)OCCCC(C)C)cc1. The van der Waals surface area contributed by atoms with Gasteiger partial charge in [0.1, 0.15) is 0 Å². The maximum atomic E-state index is 12.0. The van der Waals surface area contributed by atoms with Gasteiger partial charge in [-0.2, -0.15) is 0 Å². The highest BCUT2D eigenvalue weighted by atomic mass is 16.5. The van der Waals surface area contributed by atoms with Gasteiger partial charge in [0.25, 0.3) is 0 Å². The lowest BCUT2D eigenvalue weighted by Gasteiger charge is -2.08. The van der Waals surface area contributed by atoms with E-state index >= 15 is 0 Å². The molecule has 152 valence electrons. The largest absolute Gasteiger partial charge is 0.462 e. The second kappa shape index (κ2) is 14.2. The van der Waals surface area contributed by atoms with Gasteiger partial charge in [-0.3, -0.25) is 0 Å². The molecule has 1 rings (SSSR count). The Kier molecular flexibility index (Phi) is 12.2. The average molecular weight is 377 g/mol. The van der Waals surface area contributed by atoms with Crippen molar-refractivity contribution in [2.75, 3.05) is 13.2 Å². The number of ether oxygens (including phenoxy) is 2. The molecular weight excluding hydrogens is 340 g/mol. The second-order valence-corrected chi connectivity index (χ2v) is 7.51. The Bertz CT molecular complexity index is 534. The second-order valence-electron chi connectivity index (χ2n) is 7.51. The van der Waals surface area contributed by atoms with Crippen molar-refractivity contribution in [3.05, 3.63) is 35.4 Å². The van der Waals surface area contributed by atoms with Gasteiger partial charge in [-0.1, -0.05) is 59.3 Å². The first-order valence-electron chi connectivity index (χ1n) is 10.5. The van der Waals surface area contributed by atoms with E-state index in [9.17, 15) is 9.59 Å². The smallest absolute Gasteiger partial charge is 0.338 e. The van der Waals surface area contributed by atoms with E-state index in [2.05, 4.69) is 20.8 Å². The Morgan fingerprint density at radius 2 is 1.19 bits per heavy atom. The van der Waals surface area contributed by atoms with E-state index in [1.54, 1.807) is 24.3 Å². The molecule has 0 saturated carbocycles. The summed E-state index contributed by atoms with van der Waals surface area (Å²) in [6.07, 6.45) is 10.2. The van der Waals surface area contributed by atoms with E-state index in [-0.39, 0.29) is 11.9 Å². The van der Waals surface area contributed by atoms with Gasteiger partial charge in [0, 0.05) is 0 Å². The van der Waals surface area contributed by atoms with Crippen LogP contribution in [0.3, 0.4) is 0 Å². The molecule has 0 N–H and O–H groups in total. The number of benzene rings is 1. The number of hydrogen-bond acceptors (Lipinski definition) is 4. The van der Waals surface area contributed by atoms with Gasteiger partial charge >= 0.3 is 11.9 Å². The van der Waals surface area contributed by atoms with Crippen LogP contribution in [0.1, 0.15) is 99.3 Å². The summed E-state index contributed by atoms with van der Waals surface area (Å²) >= 11 is 0. The minimum atomic E-state index is -0.346. The summed E-state index contributed by atoms with van der Waals surface area (Å²) in [7, 11) is 0. The number of esters is 2. The maximum Gasteiger partial charge on any atom is 0.338 e. The molecule has 0 saturated heterocycles. The molecule has 0 bridgehead atoms. The summed E-state index contributed by atoms with van der Waals surface area (Å²) in [4.78, 5) is 24.0. The zero-order valence-corrected chi connectivity index (χ0v) is 17.3. The first kappa shape index (κ1) is 23.2. The van der Waals surface area contributed by atoms with Gasteiger partial charge < -0.3 is 9.47 Å². The summed E-state index contributed by atoms with van der Waals surface area (Å²) in [5.41, 5.74) is 0.928. The highest BCUT2D eigenvalue weighted by Gasteiger charge is 2.11. The quantitative estimate of drug-likeness (QED) is 0.287. The molecule has 0 amide bonds. The molecule has 4 heteroatoms. The van der Waals surface area contributed by atoms with E-state index in [1.807, 2.05) is 0 Å². The lowest BCUT2D eigenvalue weighted by molar-refractivity contribution is 0.0481. The molecule has 1 aromatic rings. The number of carbonyl (C=O) groups excluding carboxylic acids is 2. The topological polar surface area (TPSA) is 52.6 Å². The third-order valence-electron chi connectivity index (χ3n) is 4.50. The van der Waals surface area contributed by atoms with E-state index in [0.29, 0.717) is 30.3 Å². The molecule has 1 aromatic carbocycles. The third-order valence-corrected chi connectivity index (χ3v) is 4.50. The van der Waals surface area contributed by atoms with Crippen molar-refractivity contribution in [3.8, 4) is 0 Å². The van der Waals surface area contributed by atoms with Gasteiger partial charge in [0.2, 0.25) is 0 Å². The van der Waals surface area contributed by atoms with Crippen molar-refractivity contribution in [1.82, 2.24) is 0 Å². The highest BCUT2D eigenvalue weighted by molar-refractivity contribution is 5.93. The Morgan fingerprint density at radius 1 is 0.741 bits per heavy atom. The van der Waals surface area contributed by atoms with Crippen LogP contribution >= 0.6 is 0 Å². The van der Waals surface area contributed by atoms with Crippen LogP contribution < -0.4 is 0 Å². The molecular formula is C23H36O4. The number of carbonyl (C=O) groups is 2. The fourth-order valence-electron chi connectivity index (χ4n) is 2.79. The van der Waals surface area contributed by atoms with E-state index < -0.39 is 0 Å². The Balaban J connectivity index is 2.23. The first-order chi connectivity index (χ1) is 13.0. The standard InChI is InChI=1S/C23H36O4/c1-4-5-6-7-8-9-10-17-26-22(24)20-13-15-21(16-14-20)23(25)27-18-11-12-19(2)3/h13-16,19H,4-12,17-18H2,1-3H3. The van der Waals surface area contributed by atoms with E-state index in [1.165, 1.54) is 32.1 Å². The monoisotopic (exact) mass is 376 g/mol. The molecule has 0 spiro atoms. The predicted molar refractivity (Wildman–Crippen MR) is 109 cm³/mol. The summed E-state index contributed by atoms with van der Waals surface area (Å²) < 4.78 is 10.6. The molecule has 27 heavy (non-hydrogen) atoms. The lowest BCUT2D eigenvalue weighted by Crippen LogP contribution is -2.09. The summed E-state index contributed by atoms with van der Waals surface area (Å²) in [6, 6.07) is 6.49. The van der Waals surface area contributed by atoms with Gasteiger partial charge in [-0.05, 0) is 49.4 Å². The van der Waals surface area contributed by atoms with Gasteiger partial charge in [-0.25, -0.2) is 9.59 Å². The molecule has 0 radical (unpaired) electrons. The summed E-state index contributed by atoms with van der Waals surface area (Å²) in [5, 5.41) is 0. The first-order valence-corrected chi connectivity index (χ1v) is 10.5. The van der Waals surface area contributed by atoms with Crippen molar-refractivity contribution in [2.45, 2.75) is 78.6 Å². The third kappa shape index (κ3) is 10.8.